The fourth-order valence-electron chi connectivity index (χ4n) is 2.00. The summed E-state index contributed by atoms with van der Waals surface area (Å²) in [6.45, 7) is 4.20. The van der Waals surface area contributed by atoms with Gasteiger partial charge in [-0.1, -0.05) is 0 Å². The summed E-state index contributed by atoms with van der Waals surface area (Å²) in [7, 11) is 0. The Bertz CT molecular complexity index is 366. The van der Waals surface area contributed by atoms with Crippen molar-refractivity contribution in [1.82, 2.24) is 9.55 Å². The van der Waals surface area contributed by atoms with Crippen LogP contribution in [0, 0.1) is 6.92 Å². The Balaban J connectivity index is 2.25. The van der Waals surface area contributed by atoms with Crippen molar-refractivity contribution in [1.29, 1.82) is 0 Å². The van der Waals surface area contributed by atoms with Crippen LogP contribution in [0.1, 0.15) is 31.9 Å². The van der Waals surface area contributed by atoms with E-state index in [1.165, 1.54) is 0 Å². The number of carbonyl (C=O) groups excluding carboxylic acids is 1. The van der Waals surface area contributed by atoms with E-state index < -0.39 is 5.54 Å². The van der Waals surface area contributed by atoms with Gasteiger partial charge >= 0.3 is 5.97 Å². The summed E-state index contributed by atoms with van der Waals surface area (Å²) < 4.78 is 7.03. The summed E-state index contributed by atoms with van der Waals surface area (Å²) in [5.41, 5.74) is 0.475. The minimum Gasteiger partial charge on any atom is -0.464 e. The molecule has 0 radical (unpaired) electrons. The molecule has 1 saturated carbocycles. The molecule has 4 nitrogen and oxygen atoms in total. The van der Waals surface area contributed by atoms with Crippen molar-refractivity contribution in [2.45, 2.75) is 38.6 Å². The Labute approximate surface area is 89.3 Å². The maximum absolute atomic E-state index is 11.9. The van der Waals surface area contributed by atoms with Gasteiger partial charge in [-0.25, -0.2) is 9.78 Å². The molecule has 1 fully saturated rings. The molecular weight excluding hydrogens is 192 g/mol. The van der Waals surface area contributed by atoms with E-state index in [9.17, 15) is 4.79 Å². The number of ether oxygens (including phenoxy) is 1. The molecular formula is C11H16N2O2. The Morgan fingerprint density at radius 1 is 1.67 bits per heavy atom. The lowest BCUT2D eigenvalue weighted by atomic mass is 9.76. The number of hydrogen-bond donors (Lipinski definition) is 0. The van der Waals surface area contributed by atoms with E-state index in [4.69, 9.17) is 4.74 Å². The zero-order valence-electron chi connectivity index (χ0n) is 9.19. The fraction of sp³-hybridized carbons (Fsp3) is 0.636. The maximum Gasteiger partial charge on any atom is 0.332 e. The lowest BCUT2D eigenvalue weighted by Gasteiger charge is -2.40. The van der Waals surface area contributed by atoms with E-state index in [-0.39, 0.29) is 5.97 Å². The molecule has 15 heavy (non-hydrogen) atoms. The molecule has 0 saturated heterocycles. The average molecular weight is 208 g/mol. The molecule has 4 heteroatoms. The molecule has 0 bridgehead atoms. The van der Waals surface area contributed by atoms with Crippen LogP contribution in [0.15, 0.2) is 12.5 Å². The molecule has 1 aromatic heterocycles. The predicted octanol–water partition coefficient (Wildman–Crippen LogP) is 1.63. The summed E-state index contributed by atoms with van der Waals surface area (Å²) in [5, 5.41) is 0. The van der Waals surface area contributed by atoms with Crippen LogP contribution in [0.4, 0.5) is 0 Å². The van der Waals surface area contributed by atoms with E-state index in [0.29, 0.717) is 6.61 Å². The molecule has 1 aliphatic carbocycles. The summed E-state index contributed by atoms with van der Waals surface area (Å²) in [5.74, 6) is -0.117. The molecule has 0 spiro atoms. The van der Waals surface area contributed by atoms with Gasteiger partial charge in [0.2, 0.25) is 0 Å². The number of rotatable bonds is 3. The number of hydrogen-bond acceptors (Lipinski definition) is 3. The second kappa shape index (κ2) is 3.68. The Morgan fingerprint density at radius 3 is 2.80 bits per heavy atom. The highest BCUT2D eigenvalue weighted by Gasteiger charge is 2.47. The summed E-state index contributed by atoms with van der Waals surface area (Å²) >= 11 is 0. The van der Waals surface area contributed by atoms with Crippen LogP contribution >= 0.6 is 0 Å². The van der Waals surface area contributed by atoms with Crippen molar-refractivity contribution in [3.63, 3.8) is 0 Å². The number of imidazole rings is 1. The lowest BCUT2D eigenvalue weighted by Crippen LogP contribution is -2.48. The van der Waals surface area contributed by atoms with E-state index in [1.807, 2.05) is 24.6 Å². The summed E-state index contributed by atoms with van der Waals surface area (Å²) in [4.78, 5) is 16.0. The topological polar surface area (TPSA) is 44.1 Å². The minimum atomic E-state index is -0.461. The first-order chi connectivity index (χ1) is 7.19. The largest absolute Gasteiger partial charge is 0.464 e. The van der Waals surface area contributed by atoms with E-state index in [2.05, 4.69) is 4.98 Å². The molecule has 0 unspecified atom stereocenters. The van der Waals surface area contributed by atoms with E-state index in [0.717, 1.165) is 25.0 Å². The van der Waals surface area contributed by atoms with Crippen molar-refractivity contribution in [3.8, 4) is 0 Å². The Morgan fingerprint density at radius 2 is 2.40 bits per heavy atom. The fourth-order valence-corrected chi connectivity index (χ4v) is 2.00. The van der Waals surface area contributed by atoms with Gasteiger partial charge in [0.25, 0.3) is 0 Å². The molecule has 1 heterocycles. The molecule has 82 valence electrons. The lowest BCUT2D eigenvalue weighted by molar-refractivity contribution is -0.159. The normalized spacial score (nSPS) is 18.3. The number of aryl methyl sites for hydroxylation is 1. The van der Waals surface area contributed by atoms with Crippen LogP contribution in [0.25, 0.3) is 0 Å². The summed E-state index contributed by atoms with van der Waals surface area (Å²) in [6.07, 6.45) is 6.45. The van der Waals surface area contributed by atoms with Gasteiger partial charge in [-0.05, 0) is 33.1 Å². The quantitative estimate of drug-likeness (QED) is 0.709. The van der Waals surface area contributed by atoms with E-state index >= 15 is 0 Å². The highest BCUT2D eigenvalue weighted by Crippen LogP contribution is 2.40. The molecule has 0 aliphatic heterocycles. The first-order valence-corrected chi connectivity index (χ1v) is 5.37. The van der Waals surface area contributed by atoms with Crippen LogP contribution in [-0.4, -0.2) is 22.1 Å². The third-order valence-corrected chi connectivity index (χ3v) is 3.04. The van der Waals surface area contributed by atoms with Crippen LogP contribution in [0.5, 0.6) is 0 Å². The maximum atomic E-state index is 11.9. The molecule has 1 aromatic rings. The number of nitrogens with zero attached hydrogens (tertiary/aromatic N) is 2. The number of aromatic nitrogens is 2. The van der Waals surface area contributed by atoms with Gasteiger partial charge < -0.3 is 9.30 Å². The van der Waals surface area contributed by atoms with Gasteiger partial charge in [0.05, 0.1) is 18.6 Å². The van der Waals surface area contributed by atoms with Gasteiger partial charge in [-0.3, -0.25) is 0 Å². The van der Waals surface area contributed by atoms with E-state index in [1.54, 1.807) is 6.33 Å². The molecule has 2 rings (SSSR count). The molecule has 1 aliphatic rings. The molecule has 0 atom stereocenters. The highest BCUT2D eigenvalue weighted by molar-refractivity contribution is 5.80. The third-order valence-electron chi connectivity index (χ3n) is 3.04. The smallest absolute Gasteiger partial charge is 0.332 e. The first kappa shape index (κ1) is 10.2. The van der Waals surface area contributed by atoms with Gasteiger partial charge in [0.15, 0.2) is 0 Å². The van der Waals surface area contributed by atoms with Crippen LogP contribution < -0.4 is 0 Å². The predicted molar refractivity (Wildman–Crippen MR) is 55.4 cm³/mol. The van der Waals surface area contributed by atoms with Gasteiger partial charge in [0.1, 0.15) is 5.54 Å². The van der Waals surface area contributed by atoms with Crippen molar-refractivity contribution >= 4 is 5.97 Å². The second-order valence-corrected chi connectivity index (χ2v) is 4.03. The first-order valence-electron chi connectivity index (χ1n) is 5.37. The minimum absolute atomic E-state index is 0.117. The molecule has 0 N–H and O–H groups in total. The van der Waals surface area contributed by atoms with Gasteiger partial charge in [-0.15, -0.1) is 0 Å². The summed E-state index contributed by atoms with van der Waals surface area (Å²) in [6, 6.07) is 0. The van der Waals surface area contributed by atoms with Crippen molar-refractivity contribution < 1.29 is 9.53 Å². The van der Waals surface area contributed by atoms with Crippen molar-refractivity contribution in [2.75, 3.05) is 6.61 Å². The molecule has 0 aromatic carbocycles. The third kappa shape index (κ3) is 1.54. The van der Waals surface area contributed by atoms with Crippen LogP contribution in [0.3, 0.4) is 0 Å². The monoisotopic (exact) mass is 208 g/mol. The molecule has 0 amide bonds. The Kier molecular flexibility index (Phi) is 2.50. The van der Waals surface area contributed by atoms with Crippen LogP contribution in [0.2, 0.25) is 0 Å². The van der Waals surface area contributed by atoms with Crippen molar-refractivity contribution in [3.05, 3.63) is 18.2 Å². The van der Waals surface area contributed by atoms with Gasteiger partial charge in [-0.2, -0.15) is 0 Å². The average Bonchev–Trinajstić information content (AvgIpc) is 2.51. The SMILES string of the molecule is CCOC(=O)C1(n2cnc(C)c2)CCC1. The van der Waals surface area contributed by atoms with Gasteiger partial charge in [0, 0.05) is 6.20 Å². The number of esters is 1. The zero-order valence-corrected chi connectivity index (χ0v) is 9.19. The Hall–Kier alpha value is -1.32. The standard InChI is InChI=1S/C11H16N2O2/c1-3-15-10(14)11(5-4-6-11)13-7-9(2)12-8-13/h7-8H,3-6H2,1-2H3. The number of carbonyl (C=O) groups is 1. The van der Waals surface area contributed by atoms with Crippen molar-refractivity contribution in [2.24, 2.45) is 0 Å². The highest BCUT2D eigenvalue weighted by atomic mass is 16.5. The van der Waals surface area contributed by atoms with Crippen LogP contribution in [-0.2, 0) is 15.1 Å². The zero-order chi connectivity index (χ0) is 10.9. The second-order valence-electron chi connectivity index (χ2n) is 4.03.